The van der Waals surface area contributed by atoms with Crippen LogP contribution < -0.4 is 0 Å². The molecule has 0 N–H and O–H groups in total. The third kappa shape index (κ3) is 3.76. The third-order valence-electron chi connectivity index (χ3n) is 5.00. The smallest absolute Gasteiger partial charge is 0.169 e. The molecule has 26 heavy (non-hydrogen) atoms. The van der Waals surface area contributed by atoms with Gasteiger partial charge in [0.25, 0.3) is 0 Å². The number of carbonyl (C=O) groups is 1. The summed E-state index contributed by atoms with van der Waals surface area (Å²) >= 11 is 1.55. The first kappa shape index (κ1) is 17.1. The van der Waals surface area contributed by atoms with Crippen LogP contribution in [0, 0.1) is 0 Å². The summed E-state index contributed by atoms with van der Waals surface area (Å²) in [6, 6.07) is 16.8. The lowest BCUT2D eigenvalue weighted by Gasteiger charge is -2.16. The van der Waals surface area contributed by atoms with Gasteiger partial charge >= 0.3 is 0 Å². The number of hydrogen-bond acceptors (Lipinski definition) is 4. The maximum atomic E-state index is 11.5. The number of pyridine rings is 1. The Morgan fingerprint density at radius 1 is 1.23 bits per heavy atom. The van der Waals surface area contributed by atoms with Crippen molar-refractivity contribution >= 4 is 17.1 Å². The number of nitrogens with zero attached hydrogens (tertiary/aromatic N) is 2. The van der Waals surface area contributed by atoms with Crippen molar-refractivity contribution in [3.63, 3.8) is 0 Å². The molecule has 4 rings (SSSR count). The lowest BCUT2D eigenvalue weighted by atomic mass is 9.97. The number of benzene rings is 1. The number of aromatic nitrogens is 1. The molecule has 1 atom stereocenters. The van der Waals surface area contributed by atoms with E-state index in [2.05, 4.69) is 51.7 Å². The van der Waals surface area contributed by atoms with Crippen molar-refractivity contribution in [2.45, 2.75) is 25.8 Å². The highest BCUT2D eigenvalue weighted by atomic mass is 32.1. The molecule has 1 fully saturated rings. The molecule has 1 aliphatic rings. The van der Waals surface area contributed by atoms with Gasteiger partial charge in [0, 0.05) is 24.8 Å². The number of rotatable bonds is 5. The zero-order chi connectivity index (χ0) is 17.9. The van der Waals surface area contributed by atoms with Crippen molar-refractivity contribution in [1.29, 1.82) is 0 Å². The molecule has 0 saturated carbocycles. The quantitative estimate of drug-likeness (QED) is 0.599. The number of carbonyl (C=O) groups excluding carboxylic acids is 1. The van der Waals surface area contributed by atoms with E-state index < -0.39 is 0 Å². The van der Waals surface area contributed by atoms with Crippen LogP contribution in [0.5, 0.6) is 0 Å². The van der Waals surface area contributed by atoms with E-state index in [1.807, 2.05) is 18.3 Å². The van der Waals surface area contributed by atoms with Crippen LogP contribution in [0.2, 0.25) is 0 Å². The van der Waals surface area contributed by atoms with Gasteiger partial charge < -0.3 is 0 Å². The molecule has 0 spiro atoms. The van der Waals surface area contributed by atoms with Crippen LogP contribution in [0.4, 0.5) is 0 Å². The molecule has 0 amide bonds. The molecule has 0 bridgehead atoms. The van der Waals surface area contributed by atoms with E-state index in [4.69, 9.17) is 0 Å². The summed E-state index contributed by atoms with van der Waals surface area (Å²) in [5, 5.41) is 2.12. The first-order chi connectivity index (χ1) is 12.7. The van der Waals surface area contributed by atoms with Gasteiger partial charge in [-0.3, -0.25) is 14.7 Å². The predicted molar refractivity (Wildman–Crippen MR) is 107 cm³/mol. The van der Waals surface area contributed by atoms with Crippen LogP contribution in [-0.2, 0) is 6.54 Å². The molecule has 1 aromatic carbocycles. The van der Waals surface area contributed by atoms with Crippen LogP contribution >= 0.6 is 11.3 Å². The molecular formula is C22H22N2OS. The molecule has 132 valence electrons. The van der Waals surface area contributed by atoms with Crippen LogP contribution in [0.15, 0.2) is 60.1 Å². The molecular weight excluding hydrogens is 340 g/mol. The van der Waals surface area contributed by atoms with E-state index >= 15 is 0 Å². The van der Waals surface area contributed by atoms with Crippen LogP contribution in [0.1, 0.15) is 40.1 Å². The molecule has 1 saturated heterocycles. The van der Waals surface area contributed by atoms with E-state index in [1.54, 1.807) is 18.3 Å². The minimum atomic E-state index is 0.158. The Bertz CT molecular complexity index is 903. The first-order valence-corrected chi connectivity index (χ1v) is 9.89. The van der Waals surface area contributed by atoms with Gasteiger partial charge in [-0.15, -0.1) is 11.3 Å². The highest BCUT2D eigenvalue weighted by Gasteiger charge is 2.24. The normalized spacial score (nSPS) is 17.5. The Morgan fingerprint density at radius 3 is 2.85 bits per heavy atom. The van der Waals surface area contributed by atoms with E-state index in [1.165, 1.54) is 23.1 Å². The molecule has 4 heteroatoms. The number of thiophene rings is 1. The number of Topliss-reactive ketones (excluding diaryl/α,β-unsaturated/α-hetero) is 1. The largest absolute Gasteiger partial charge is 0.298 e. The van der Waals surface area contributed by atoms with Crippen LogP contribution in [-0.4, -0.2) is 28.8 Å². The molecule has 0 unspecified atom stereocenters. The number of hydrogen-bond donors (Lipinski definition) is 0. The first-order valence-electron chi connectivity index (χ1n) is 9.01. The van der Waals surface area contributed by atoms with Crippen molar-refractivity contribution in [3.8, 4) is 11.3 Å². The summed E-state index contributed by atoms with van der Waals surface area (Å²) in [6.45, 7) is 4.72. The predicted octanol–water partition coefficient (Wildman–Crippen LogP) is 5.00. The molecule has 3 nitrogen and oxygen atoms in total. The molecule has 1 aliphatic heterocycles. The fraction of sp³-hybridized carbons (Fsp3) is 0.273. The standard InChI is InChI=1S/C22H22N2OS/c1-16(25)22-11-17(15-26-22)13-24-10-8-20(14-24)19-7-9-23-21(12-19)18-5-3-2-4-6-18/h2-7,9,11-12,15,20H,8,10,13-14H2,1H3/t20-/m1/s1. The van der Waals surface area contributed by atoms with Crippen LogP contribution in [0.25, 0.3) is 11.3 Å². The topological polar surface area (TPSA) is 33.2 Å². The SMILES string of the molecule is CC(=O)c1cc(CN2CC[C@@H](c3ccnc(-c4ccccc4)c3)C2)cs1. The summed E-state index contributed by atoms with van der Waals surface area (Å²) in [7, 11) is 0. The van der Waals surface area contributed by atoms with E-state index in [0.717, 1.165) is 30.2 Å². The van der Waals surface area contributed by atoms with Gasteiger partial charge in [-0.05, 0) is 60.5 Å². The minimum absolute atomic E-state index is 0.158. The van der Waals surface area contributed by atoms with Gasteiger partial charge in [0.1, 0.15) is 0 Å². The van der Waals surface area contributed by atoms with E-state index in [-0.39, 0.29) is 5.78 Å². The maximum Gasteiger partial charge on any atom is 0.169 e. The Kier molecular flexibility index (Phi) is 4.96. The molecule has 3 aromatic rings. The summed E-state index contributed by atoms with van der Waals surface area (Å²) in [4.78, 5) is 19.4. The molecule has 3 heterocycles. The fourth-order valence-corrected chi connectivity index (χ4v) is 4.42. The summed E-state index contributed by atoms with van der Waals surface area (Å²) in [5.74, 6) is 0.706. The second-order valence-electron chi connectivity index (χ2n) is 6.94. The van der Waals surface area contributed by atoms with Gasteiger partial charge in [0.2, 0.25) is 0 Å². The van der Waals surface area contributed by atoms with Crippen molar-refractivity contribution in [1.82, 2.24) is 9.88 Å². The maximum absolute atomic E-state index is 11.5. The number of ketones is 1. The van der Waals surface area contributed by atoms with Gasteiger partial charge in [-0.1, -0.05) is 30.3 Å². The fourth-order valence-electron chi connectivity index (χ4n) is 3.62. The average molecular weight is 362 g/mol. The molecule has 0 radical (unpaired) electrons. The highest BCUT2D eigenvalue weighted by molar-refractivity contribution is 7.12. The highest BCUT2D eigenvalue weighted by Crippen LogP contribution is 2.30. The van der Waals surface area contributed by atoms with Gasteiger partial charge in [-0.25, -0.2) is 0 Å². The zero-order valence-corrected chi connectivity index (χ0v) is 15.7. The third-order valence-corrected chi connectivity index (χ3v) is 6.08. The number of likely N-dealkylation sites (tertiary alicyclic amines) is 1. The second kappa shape index (κ2) is 7.52. The van der Waals surface area contributed by atoms with Gasteiger partial charge in [0.05, 0.1) is 10.6 Å². The summed E-state index contributed by atoms with van der Waals surface area (Å²) in [6.07, 6.45) is 3.10. The summed E-state index contributed by atoms with van der Waals surface area (Å²) < 4.78 is 0. The lowest BCUT2D eigenvalue weighted by Crippen LogP contribution is -2.19. The molecule has 0 aliphatic carbocycles. The van der Waals surface area contributed by atoms with E-state index in [9.17, 15) is 4.79 Å². The minimum Gasteiger partial charge on any atom is -0.298 e. The lowest BCUT2D eigenvalue weighted by molar-refractivity contribution is 0.102. The molecule has 2 aromatic heterocycles. The van der Waals surface area contributed by atoms with Gasteiger partial charge in [0.15, 0.2) is 5.78 Å². The monoisotopic (exact) mass is 362 g/mol. The Balaban J connectivity index is 1.44. The van der Waals surface area contributed by atoms with Crippen LogP contribution in [0.3, 0.4) is 0 Å². The Morgan fingerprint density at radius 2 is 2.08 bits per heavy atom. The zero-order valence-electron chi connectivity index (χ0n) is 14.9. The van der Waals surface area contributed by atoms with Crippen molar-refractivity contribution in [3.05, 3.63) is 76.1 Å². The Hall–Kier alpha value is -2.30. The van der Waals surface area contributed by atoms with Crippen molar-refractivity contribution < 1.29 is 4.79 Å². The second-order valence-corrected chi connectivity index (χ2v) is 7.85. The average Bonchev–Trinajstić information content (AvgIpc) is 3.33. The summed E-state index contributed by atoms with van der Waals surface area (Å²) in [5.41, 5.74) is 4.83. The Labute approximate surface area is 158 Å². The van der Waals surface area contributed by atoms with Crippen molar-refractivity contribution in [2.75, 3.05) is 13.1 Å². The van der Waals surface area contributed by atoms with Gasteiger partial charge in [-0.2, -0.15) is 0 Å². The van der Waals surface area contributed by atoms with Crippen molar-refractivity contribution in [2.24, 2.45) is 0 Å². The van der Waals surface area contributed by atoms with E-state index in [0.29, 0.717) is 5.92 Å².